The zero-order valence-electron chi connectivity index (χ0n) is 15.0. The largest absolute Gasteiger partial charge is 0.326 e. The van der Waals surface area contributed by atoms with Gasteiger partial charge in [-0.2, -0.15) is 0 Å². The molecule has 2 rings (SSSR count). The van der Waals surface area contributed by atoms with Crippen LogP contribution in [0.25, 0.3) is 0 Å². The number of anilines is 2. The first-order chi connectivity index (χ1) is 11.7. The minimum Gasteiger partial charge on any atom is -0.326 e. The first-order valence-electron chi connectivity index (χ1n) is 8.09. The molecule has 0 unspecified atom stereocenters. The van der Waals surface area contributed by atoms with Crippen molar-refractivity contribution in [3.05, 3.63) is 59.2 Å². The Hall–Kier alpha value is -2.34. The first kappa shape index (κ1) is 19.0. The van der Waals surface area contributed by atoms with Gasteiger partial charge in [-0.05, 0) is 55.7 Å². The molecule has 0 aromatic heterocycles. The SMILES string of the molecule is Cc1ccc(N(CCC(=O)Nc2ccccc2C)S(C)(=O)=O)cc1C. The predicted octanol–water partition coefficient (Wildman–Crippen LogP) is 3.41. The number of para-hydroxylation sites is 1. The summed E-state index contributed by atoms with van der Waals surface area (Å²) in [5, 5.41) is 2.83. The Morgan fingerprint density at radius 2 is 1.68 bits per heavy atom. The van der Waals surface area contributed by atoms with Gasteiger partial charge >= 0.3 is 0 Å². The van der Waals surface area contributed by atoms with Crippen LogP contribution >= 0.6 is 0 Å². The van der Waals surface area contributed by atoms with Crippen LogP contribution < -0.4 is 9.62 Å². The highest BCUT2D eigenvalue weighted by Gasteiger charge is 2.19. The monoisotopic (exact) mass is 360 g/mol. The van der Waals surface area contributed by atoms with Gasteiger partial charge in [0.2, 0.25) is 15.9 Å². The van der Waals surface area contributed by atoms with Gasteiger partial charge in [0, 0.05) is 18.7 Å². The van der Waals surface area contributed by atoms with Crippen molar-refractivity contribution in [1.29, 1.82) is 0 Å². The highest BCUT2D eigenvalue weighted by Crippen LogP contribution is 2.22. The fraction of sp³-hybridized carbons (Fsp3) is 0.316. The second-order valence-corrected chi connectivity index (χ2v) is 8.12. The Kier molecular flexibility index (Phi) is 5.85. The van der Waals surface area contributed by atoms with Gasteiger partial charge in [-0.15, -0.1) is 0 Å². The third kappa shape index (κ3) is 5.06. The van der Waals surface area contributed by atoms with E-state index in [9.17, 15) is 13.2 Å². The highest BCUT2D eigenvalue weighted by atomic mass is 32.2. The summed E-state index contributed by atoms with van der Waals surface area (Å²) in [6.45, 7) is 5.91. The van der Waals surface area contributed by atoms with Crippen LogP contribution in [-0.2, 0) is 14.8 Å². The Morgan fingerprint density at radius 3 is 2.28 bits per heavy atom. The molecule has 0 heterocycles. The summed E-state index contributed by atoms with van der Waals surface area (Å²) in [5.74, 6) is -0.216. The number of carbonyl (C=O) groups is 1. The third-order valence-corrected chi connectivity index (χ3v) is 5.33. The number of benzene rings is 2. The maximum atomic E-state index is 12.2. The molecule has 0 atom stereocenters. The number of nitrogens with one attached hydrogen (secondary N) is 1. The fourth-order valence-corrected chi connectivity index (χ4v) is 3.42. The van der Waals surface area contributed by atoms with Gasteiger partial charge in [0.05, 0.1) is 11.9 Å². The van der Waals surface area contributed by atoms with Crippen LogP contribution in [0.2, 0.25) is 0 Å². The lowest BCUT2D eigenvalue weighted by atomic mass is 10.1. The van der Waals surface area contributed by atoms with E-state index in [2.05, 4.69) is 5.32 Å². The van der Waals surface area contributed by atoms with Gasteiger partial charge in [-0.1, -0.05) is 24.3 Å². The topological polar surface area (TPSA) is 66.5 Å². The molecule has 1 N–H and O–H groups in total. The van der Waals surface area contributed by atoms with Gasteiger partial charge in [0.25, 0.3) is 0 Å². The van der Waals surface area contributed by atoms with E-state index in [1.54, 1.807) is 6.07 Å². The van der Waals surface area contributed by atoms with Crippen molar-refractivity contribution >= 4 is 27.3 Å². The molecule has 2 aromatic carbocycles. The Balaban J connectivity index is 2.12. The van der Waals surface area contributed by atoms with Gasteiger partial charge in [0.1, 0.15) is 0 Å². The van der Waals surface area contributed by atoms with Crippen LogP contribution in [-0.4, -0.2) is 27.1 Å². The van der Waals surface area contributed by atoms with Gasteiger partial charge in [-0.25, -0.2) is 8.42 Å². The molecular weight excluding hydrogens is 336 g/mol. The van der Waals surface area contributed by atoms with Crippen LogP contribution in [0.15, 0.2) is 42.5 Å². The van der Waals surface area contributed by atoms with Crippen LogP contribution in [0.5, 0.6) is 0 Å². The smallest absolute Gasteiger partial charge is 0.232 e. The summed E-state index contributed by atoms with van der Waals surface area (Å²) in [6, 6.07) is 13.0. The molecule has 0 spiro atoms. The van der Waals surface area contributed by atoms with Gasteiger partial charge in [-0.3, -0.25) is 9.10 Å². The number of amides is 1. The first-order valence-corrected chi connectivity index (χ1v) is 9.94. The molecule has 0 aliphatic rings. The average molecular weight is 360 g/mol. The Morgan fingerprint density at radius 1 is 1.00 bits per heavy atom. The van der Waals surface area contributed by atoms with Crippen molar-refractivity contribution in [3.8, 4) is 0 Å². The van der Waals surface area contributed by atoms with E-state index in [-0.39, 0.29) is 18.9 Å². The molecule has 0 bridgehead atoms. The lowest BCUT2D eigenvalue weighted by Gasteiger charge is -2.23. The number of aryl methyl sites for hydroxylation is 3. The maximum absolute atomic E-state index is 12.2. The van der Waals surface area contributed by atoms with Crippen molar-refractivity contribution in [1.82, 2.24) is 0 Å². The van der Waals surface area contributed by atoms with Gasteiger partial charge < -0.3 is 5.32 Å². The standard InChI is InChI=1S/C19H24N2O3S/c1-14-9-10-17(13-16(14)3)21(25(4,23)24)12-11-19(22)20-18-8-6-5-7-15(18)2/h5-10,13H,11-12H2,1-4H3,(H,20,22). The minimum atomic E-state index is -3.47. The summed E-state index contributed by atoms with van der Waals surface area (Å²) in [7, 11) is -3.47. The van der Waals surface area contributed by atoms with E-state index in [4.69, 9.17) is 0 Å². The summed E-state index contributed by atoms with van der Waals surface area (Å²) in [6.07, 6.45) is 1.23. The number of rotatable bonds is 6. The summed E-state index contributed by atoms with van der Waals surface area (Å²) >= 11 is 0. The number of carbonyl (C=O) groups excluding carboxylic acids is 1. The molecule has 0 saturated heterocycles. The van der Waals surface area contributed by atoms with Crippen LogP contribution in [0.1, 0.15) is 23.1 Å². The van der Waals surface area contributed by atoms with Crippen molar-refractivity contribution in [2.45, 2.75) is 27.2 Å². The Bertz CT molecular complexity index is 876. The third-order valence-electron chi connectivity index (χ3n) is 4.14. The molecule has 0 aliphatic heterocycles. The zero-order valence-corrected chi connectivity index (χ0v) is 15.9. The molecule has 5 nitrogen and oxygen atoms in total. The van der Waals surface area contributed by atoms with Crippen LogP contribution in [0, 0.1) is 20.8 Å². The molecule has 0 fully saturated rings. The quantitative estimate of drug-likeness (QED) is 0.858. The molecule has 0 aliphatic carbocycles. The van der Waals surface area contributed by atoms with E-state index in [0.717, 1.165) is 28.6 Å². The van der Waals surface area contributed by atoms with Gasteiger partial charge in [0.15, 0.2) is 0 Å². The minimum absolute atomic E-state index is 0.0777. The number of sulfonamides is 1. The lowest BCUT2D eigenvalue weighted by Crippen LogP contribution is -2.33. The van der Waals surface area contributed by atoms with Crippen molar-refractivity contribution < 1.29 is 13.2 Å². The van der Waals surface area contributed by atoms with E-state index in [0.29, 0.717) is 5.69 Å². The molecule has 0 saturated carbocycles. The van der Waals surface area contributed by atoms with E-state index < -0.39 is 10.0 Å². The Labute approximate surface area is 149 Å². The van der Waals surface area contributed by atoms with E-state index in [1.807, 2.05) is 57.2 Å². The van der Waals surface area contributed by atoms with Crippen molar-refractivity contribution in [3.63, 3.8) is 0 Å². The number of nitrogens with zero attached hydrogens (tertiary/aromatic N) is 1. The maximum Gasteiger partial charge on any atom is 0.232 e. The highest BCUT2D eigenvalue weighted by molar-refractivity contribution is 7.92. The van der Waals surface area contributed by atoms with Crippen LogP contribution in [0.3, 0.4) is 0 Å². The second-order valence-electron chi connectivity index (χ2n) is 6.22. The summed E-state index contributed by atoms with van der Waals surface area (Å²) in [4.78, 5) is 12.2. The molecule has 0 radical (unpaired) electrons. The molecule has 6 heteroatoms. The van der Waals surface area contributed by atoms with Crippen molar-refractivity contribution in [2.75, 3.05) is 22.4 Å². The van der Waals surface area contributed by atoms with E-state index >= 15 is 0 Å². The second kappa shape index (κ2) is 7.70. The lowest BCUT2D eigenvalue weighted by molar-refractivity contribution is -0.116. The zero-order chi connectivity index (χ0) is 18.6. The number of hydrogen-bond acceptors (Lipinski definition) is 3. The van der Waals surface area contributed by atoms with Crippen molar-refractivity contribution in [2.24, 2.45) is 0 Å². The molecule has 25 heavy (non-hydrogen) atoms. The fourth-order valence-electron chi connectivity index (χ4n) is 2.50. The normalized spacial score (nSPS) is 11.2. The summed E-state index contributed by atoms with van der Waals surface area (Å²) in [5.41, 5.74) is 4.38. The summed E-state index contributed by atoms with van der Waals surface area (Å²) < 4.78 is 25.6. The molecule has 134 valence electrons. The molecule has 1 amide bonds. The molecule has 2 aromatic rings. The number of hydrogen-bond donors (Lipinski definition) is 1. The predicted molar refractivity (Wildman–Crippen MR) is 103 cm³/mol. The molecular formula is C19H24N2O3S. The van der Waals surface area contributed by atoms with E-state index in [1.165, 1.54) is 4.31 Å². The van der Waals surface area contributed by atoms with Crippen LogP contribution in [0.4, 0.5) is 11.4 Å². The average Bonchev–Trinajstić information content (AvgIpc) is 2.52.